The van der Waals surface area contributed by atoms with E-state index in [2.05, 4.69) is 0 Å². The molecule has 0 saturated carbocycles. The number of nitrogens with zero attached hydrogens (tertiary/aromatic N) is 1. The van der Waals surface area contributed by atoms with E-state index in [4.69, 9.17) is 10.2 Å². The van der Waals surface area contributed by atoms with Gasteiger partial charge in [0.1, 0.15) is 11.6 Å². The third-order valence-electron chi connectivity index (χ3n) is 3.41. The fourth-order valence-corrected chi connectivity index (χ4v) is 2.34. The minimum Gasteiger partial charge on any atom is -0.469 e. The number of furan rings is 1. The molecule has 4 heteroatoms. The monoisotopic (exact) mass is 276 g/mol. The van der Waals surface area contributed by atoms with Gasteiger partial charge in [0.05, 0.1) is 6.26 Å². The molecule has 1 aromatic heterocycles. The topological polar surface area (TPSA) is 42.4 Å². The SMILES string of the molecule is Cc1occc1CN(C)c1cccc(F)c1CC(C)N. The molecule has 2 N–H and O–H groups in total. The van der Waals surface area contributed by atoms with E-state index >= 15 is 0 Å². The van der Waals surface area contributed by atoms with Crippen molar-refractivity contribution in [1.82, 2.24) is 0 Å². The molecule has 20 heavy (non-hydrogen) atoms. The Bertz CT molecular complexity index is 578. The van der Waals surface area contributed by atoms with Gasteiger partial charge < -0.3 is 15.1 Å². The quantitative estimate of drug-likeness (QED) is 0.911. The first-order valence-corrected chi connectivity index (χ1v) is 6.76. The van der Waals surface area contributed by atoms with Gasteiger partial charge in [-0.2, -0.15) is 0 Å². The molecule has 0 aliphatic rings. The van der Waals surface area contributed by atoms with Crippen LogP contribution in [-0.4, -0.2) is 13.1 Å². The molecule has 1 atom stereocenters. The molecule has 0 fully saturated rings. The average molecular weight is 276 g/mol. The number of aryl methyl sites for hydroxylation is 1. The van der Waals surface area contributed by atoms with Gasteiger partial charge in [-0.05, 0) is 38.5 Å². The summed E-state index contributed by atoms with van der Waals surface area (Å²) in [5.74, 6) is 0.692. The highest BCUT2D eigenvalue weighted by atomic mass is 19.1. The smallest absolute Gasteiger partial charge is 0.128 e. The molecule has 0 saturated heterocycles. The number of nitrogens with two attached hydrogens (primary N) is 1. The molecule has 3 nitrogen and oxygen atoms in total. The highest BCUT2D eigenvalue weighted by Crippen LogP contribution is 2.25. The van der Waals surface area contributed by atoms with Crippen LogP contribution in [0.4, 0.5) is 10.1 Å². The van der Waals surface area contributed by atoms with Crippen molar-refractivity contribution in [3.8, 4) is 0 Å². The van der Waals surface area contributed by atoms with Crippen molar-refractivity contribution >= 4 is 5.69 Å². The Labute approximate surface area is 119 Å². The molecule has 0 bridgehead atoms. The van der Waals surface area contributed by atoms with Crippen molar-refractivity contribution in [2.75, 3.05) is 11.9 Å². The summed E-state index contributed by atoms with van der Waals surface area (Å²) in [7, 11) is 1.95. The summed E-state index contributed by atoms with van der Waals surface area (Å²) in [6, 6.07) is 7.01. The first-order chi connectivity index (χ1) is 9.49. The second kappa shape index (κ2) is 6.09. The second-order valence-electron chi connectivity index (χ2n) is 5.28. The van der Waals surface area contributed by atoms with Gasteiger partial charge in [-0.3, -0.25) is 0 Å². The highest BCUT2D eigenvalue weighted by molar-refractivity contribution is 5.54. The Kier molecular flexibility index (Phi) is 4.45. The van der Waals surface area contributed by atoms with E-state index in [1.54, 1.807) is 12.3 Å². The maximum atomic E-state index is 14.0. The van der Waals surface area contributed by atoms with Crippen LogP contribution in [0.3, 0.4) is 0 Å². The van der Waals surface area contributed by atoms with E-state index in [1.165, 1.54) is 6.07 Å². The minimum absolute atomic E-state index is 0.0743. The minimum atomic E-state index is -0.199. The van der Waals surface area contributed by atoms with Gasteiger partial charge in [-0.15, -0.1) is 0 Å². The van der Waals surface area contributed by atoms with Crippen LogP contribution < -0.4 is 10.6 Å². The summed E-state index contributed by atoms with van der Waals surface area (Å²) < 4.78 is 19.3. The Morgan fingerprint density at radius 1 is 1.35 bits per heavy atom. The number of hydrogen-bond acceptors (Lipinski definition) is 3. The van der Waals surface area contributed by atoms with Gasteiger partial charge in [0.15, 0.2) is 0 Å². The van der Waals surface area contributed by atoms with Gasteiger partial charge in [0, 0.05) is 36.4 Å². The number of anilines is 1. The van der Waals surface area contributed by atoms with E-state index in [0.29, 0.717) is 18.5 Å². The van der Waals surface area contributed by atoms with Gasteiger partial charge in [0.25, 0.3) is 0 Å². The molecule has 108 valence electrons. The zero-order valence-corrected chi connectivity index (χ0v) is 12.2. The summed E-state index contributed by atoms with van der Waals surface area (Å²) in [4.78, 5) is 2.03. The van der Waals surface area contributed by atoms with E-state index < -0.39 is 0 Å². The predicted molar refractivity (Wildman–Crippen MR) is 79.3 cm³/mol. The fraction of sp³-hybridized carbons (Fsp3) is 0.375. The van der Waals surface area contributed by atoms with Crippen LogP contribution in [0, 0.1) is 12.7 Å². The Morgan fingerprint density at radius 3 is 2.70 bits per heavy atom. The third kappa shape index (κ3) is 3.20. The van der Waals surface area contributed by atoms with Gasteiger partial charge >= 0.3 is 0 Å². The molecule has 0 aliphatic heterocycles. The molecule has 0 amide bonds. The third-order valence-corrected chi connectivity index (χ3v) is 3.41. The van der Waals surface area contributed by atoms with Crippen molar-refractivity contribution in [3.05, 3.63) is 53.2 Å². The summed E-state index contributed by atoms with van der Waals surface area (Å²) in [6.07, 6.45) is 2.20. The van der Waals surface area contributed by atoms with Crippen molar-refractivity contribution in [2.45, 2.75) is 32.9 Å². The Morgan fingerprint density at radius 2 is 2.10 bits per heavy atom. The number of halogens is 1. The number of benzene rings is 1. The second-order valence-corrected chi connectivity index (χ2v) is 5.28. The van der Waals surface area contributed by atoms with Crippen LogP contribution in [0.15, 0.2) is 34.9 Å². The molecule has 0 spiro atoms. The Balaban J connectivity index is 2.27. The summed E-state index contributed by atoms with van der Waals surface area (Å²) in [5, 5.41) is 0. The van der Waals surface area contributed by atoms with E-state index in [0.717, 1.165) is 17.0 Å². The predicted octanol–water partition coefficient (Wildman–Crippen LogP) is 3.25. The average Bonchev–Trinajstić information content (AvgIpc) is 2.77. The molecular formula is C16H21FN2O. The zero-order valence-electron chi connectivity index (χ0n) is 12.2. The van der Waals surface area contributed by atoms with Crippen molar-refractivity contribution in [1.29, 1.82) is 0 Å². The van der Waals surface area contributed by atoms with Crippen molar-refractivity contribution in [2.24, 2.45) is 5.73 Å². The van der Waals surface area contributed by atoms with Crippen LogP contribution in [-0.2, 0) is 13.0 Å². The zero-order chi connectivity index (χ0) is 14.7. The number of rotatable bonds is 5. The molecule has 1 aromatic carbocycles. The largest absolute Gasteiger partial charge is 0.469 e. The lowest BCUT2D eigenvalue weighted by Crippen LogP contribution is -2.23. The van der Waals surface area contributed by atoms with Gasteiger partial charge in [-0.1, -0.05) is 6.07 Å². The van der Waals surface area contributed by atoms with Gasteiger partial charge in [0.2, 0.25) is 0 Å². The summed E-state index contributed by atoms with van der Waals surface area (Å²) in [6.45, 7) is 4.49. The summed E-state index contributed by atoms with van der Waals surface area (Å²) in [5.41, 5.74) is 8.47. The number of hydrogen-bond donors (Lipinski definition) is 1. The first-order valence-electron chi connectivity index (χ1n) is 6.76. The highest BCUT2D eigenvalue weighted by Gasteiger charge is 2.14. The Hall–Kier alpha value is -1.81. The fourth-order valence-electron chi connectivity index (χ4n) is 2.34. The maximum Gasteiger partial charge on any atom is 0.128 e. The standard InChI is InChI=1S/C16H21FN2O/c1-11(18)9-14-15(17)5-4-6-16(14)19(3)10-13-7-8-20-12(13)2/h4-8,11H,9-10,18H2,1-3H3. The lowest BCUT2D eigenvalue weighted by Gasteiger charge is -2.23. The van der Waals surface area contributed by atoms with Crippen molar-refractivity contribution < 1.29 is 8.81 Å². The lowest BCUT2D eigenvalue weighted by atomic mass is 10.0. The van der Waals surface area contributed by atoms with E-state index in [9.17, 15) is 4.39 Å². The molecule has 1 unspecified atom stereocenters. The molecule has 1 heterocycles. The lowest BCUT2D eigenvalue weighted by molar-refractivity contribution is 0.529. The molecule has 2 aromatic rings. The first kappa shape index (κ1) is 14.6. The van der Waals surface area contributed by atoms with Crippen LogP contribution in [0.5, 0.6) is 0 Å². The van der Waals surface area contributed by atoms with Crippen molar-refractivity contribution in [3.63, 3.8) is 0 Å². The molecule has 0 aliphatic carbocycles. The van der Waals surface area contributed by atoms with E-state index in [1.807, 2.05) is 37.9 Å². The molecule has 0 radical (unpaired) electrons. The maximum absolute atomic E-state index is 14.0. The van der Waals surface area contributed by atoms with Crippen LogP contribution in [0.25, 0.3) is 0 Å². The molecule has 2 rings (SSSR count). The van der Waals surface area contributed by atoms with Crippen LogP contribution >= 0.6 is 0 Å². The summed E-state index contributed by atoms with van der Waals surface area (Å²) >= 11 is 0. The normalized spacial score (nSPS) is 12.4. The van der Waals surface area contributed by atoms with E-state index in [-0.39, 0.29) is 11.9 Å². The van der Waals surface area contributed by atoms with Crippen LogP contribution in [0.1, 0.15) is 23.8 Å². The van der Waals surface area contributed by atoms with Gasteiger partial charge in [-0.25, -0.2) is 4.39 Å². The van der Waals surface area contributed by atoms with Crippen LogP contribution in [0.2, 0.25) is 0 Å². The molecular weight excluding hydrogens is 255 g/mol.